The van der Waals surface area contributed by atoms with Crippen molar-refractivity contribution in [3.63, 3.8) is 0 Å². The molecule has 17 heavy (non-hydrogen) atoms. The summed E-state index contributed by atoms with van der Waals surface area (Å²) < 4.78 is 7.40. The largest absolute Gasteiger partial charge is 0.486 e. The van der Waals surface area contributed by atoms with Gasteiger partial charge in [0.2, 0.25) is 0 Å². The number of nitriles is 1. The van der Waals surface area contributed by atoms with Crippen LogP contribution in [0.5, 0.6) is 5.75 Å². The van der Waals surface area contributed by atoms with Crippen molar-refractivity contribution in [1.29, 1.82) is 5.26 Å². The normalized spacial score (nSPS) is 9.88. The molecule has 4 heteroatoms. The molecule has 0 unspecified atom stereocenters. The Bertz CT molecular complexity index is 522. The fourth-order valence-corrected chi connectivity index (χ4v) is 1.43. The lowest BCUT2D eigenvalue weighted by molar-refractivity contribution is 0.306. The molecule has 0 atom stereocenters. The summed E-state index contributed by atoms with van der Waals surface area (Å²) in [4.78, 5) is 0. The van der Waals surface area contributed by atoms with E-state index in [0.29, 0.717) is 12.2 Å². The number of aryl methyl sites for hydroxylation is 1. The average Bonchev–Trinajstić information content (AvgIpc) is 2.85. The summed E-state index contributed by atoms with van der Waals surface area (Å²) in [7, 11) is 0. The van der Waals surface area contributed by atoms with E-state index in [4.69, 9.17) is 10.00 Å². The minimum Gasteiger partial charge on any atom is -0.486 e. The SMILES string of the molecule is CCn1cc(OCc2ccc(C#N)cc2)cn1. The third-order valence-corrected chi connectivity index (χ3v) is 2.42. The predicted octanol–water partition coefficient (Wildman–Crippen LogP) is 2.35. The summed E-state index contributed by atoms with van der Waals surface area (Å²) in [5.41, 5.74) is 1.70. The fraction of sp³-hybridized carbons (Fsp3) is 0.231. The molecule has 1 aromatic carbocycles. The van der Waals surface area contributed by atoms with Gasteiger partial charge < -0.3 is 4.74 Å². The van der Waals surface area contributed by atoms with Gasteiger partial charge in [-0.1, -0.05) is 12.1 Å². The molecule has 0 radical (unpaired) electrons. The number of nitrogens with zero attached hydrogens (tertiary/aromatic N) is 3. The molecule has 0 bridgehead atoms. The predicted molar refractivity (Wildman–Crippen MR) is 63.4 cm³/mol. The molecular weight excluding hydrogens is 214 g/mol. The summed E-state index contributed by atoms with van der Waals surface area (Å²) in [6.45, 7) is 3.35. The smallest absolute Gasteiger partial charge is 0.157 e. The highest BCUT2D eigenvalue weighted by Crippen LogP contribution is 2.11. The van der Waals surface area contributed by atoms with E-state index in [2.05, 4.69) is 11.2 Å². The summed E-state index contributed by atoms with van der Waals surface area (Å²) in [6, 6.07) is 9.44. The Labute approximate surface area is 100 Å². The first-order chi connectivity index (χ1) is 8.31. The molecule has 0 aliphatic heterocycles. The van der Waals surface area contributed by atoms with Gasteiger partial charge in [0.25, 0.3) is 0 Å². The van der Waals surface area contributed by atoms with Crippen molar-refractivity contribution in [1.82, 2.24) is 9.78 Å². The van der Waals surface area contributed by atoms with Gasteiger partial charge in [0.05, 0.1) is 24.0 Å². The zero-order valence-corrected chi connectivity index (χ0v) is 9.63. The van der Waals surface area contributed by atoms with Crippen molar-refractivity contribution in [2.75, 3.05) is 0 Å². The third kappa shape index (κ3) is 2.85. The van der Waals surface area contributed by atoms with Crippen LogP contribution in [-0.2, 0) is 13.2 Å². The molecule has 86 valence electrons. The van der Waals surface area contributed by atoms with Crippen LogP contribution >= 0.6 is 0 Å². The van der Waals surface area contributed by atoms with Gasteiger partial charge >= 0.3 is 0 Å². The van der Waals surface area contributed by atoms with E-state index in [-0.39, 0.29) is 0 Å². The van der Waals surface area contributed by atoms with Crippen molar-refractivity contribution in [2.45, 2.75) is 20.1 Å². The summed E-state index contributed by atoms with van der Waals surface area (Å²) in [5, 5.41) is 12.8. The van der Waals surface area contributed by atoms with E-state index >= 15 is 0 Å². The molecule has 0 aliphatic carbocycles. The second kappa shape index (κ2) is 5.17. The Balaban J connectivity index is 1.95. The first kappa shape index (κ1) is 11.2. The molecule has 2 rings (SSSR count). The number of rotatable bonds is 4. The first-order valence-electron chi connectivity index (χ1n) is 5.46. The van der Waals surface area contributed by atoms with Gasteiger partial charge in [-0.05, 0) is 24.6 Å². The minimum absolute atomic E-state index is 0.487. The van der Waals surface area contributed by atoms with Gasteiger partial charge in [-0.25, -0.2) is 0 Å². The molecule has 0 saturated carbocycles. The highest BCUT2D eigenvalue weighted by atomic mass is 16.5. The number of ether oxygens (including phenoxy) is 1. The molecule has 0 N–H and O–H groups in total. The van der Waals surface area contributed by atoms with Crippen LogP contribution in [0.1, 0.15) is 18.1 Å². The molecule has 1 aromatic heterocycles. The van der Waals surface area contributed by atoms with E-state index in [1.54, 1.807) is 18.3 Å². The van der Waals surface area contributed by atoms with Gasteiger partial charge in [-0.15, -0.1) is 0 Å². The maximum Gasteiger partial charge on any atom is 0.157 e. The molecule has 1 heterocycles. The number of benzene rings is 1. The molecule has 0 aliphatic rings. The first-order valence-corrected chi connectivity index (χ1v) is 5.46. The van der Waals surface area contributed by atoms with Gasteiger partial charge in [0, 0.05) is 6.54 Å². The number of aromatic nitrogens is 2. The van der Waals surface area contributed by atoms with Crippen molar-refractivity contribution in [2.24, 2.45) is 0 Å². The summed E-state index contributed by atoms with van der Waals surface area (Å²) >= 11 is 0. The van der Waals surface area contributed by atoms with Gasteiger partial charge in [-0.3, -0.25) is 4.68 Å². The maximum absolute atomic E-state index is 8.67. The third-order valence-electron chi connectivity index (χ3n) is 2.42. The van der Waals surface area contributed by atoms with Crippen molar-refractivity contribution >= 4 is 0 Å². The zero-order valence-electron chi connectivity index (χ0n) is 9.63. The quantitative estimate of drug-likeness (QED) is 0.805. The van der Waals surface area contributed by atoms with Crippen LogP contribution < -0.4 is 4.74 Å². The van der Waals surface area contributed by atoms with Crippen LogP contribution in [0.15, 0.2) is 36.7 Å². The number of hydrogen-bond acceptors (Lipinski definition) is 3. The molecule has 0 spiro atoms. The zero-order chi connectivity index (χ0) is 12.1. The van der Waals surface area contributed by atoms with Crippen LogP contribution in [0, 0.1) is 11.3 Å². The molecule has 2 aromatic rings. The van der Waals surface area contributed by atoms with E-state index in [1.165, 1.54) is 0 Å². The van der Waals surface area contributed by atoms with E-state index < -0.39 is 0 Å². The van der Waals surface area contributed by atoms with Crippen LogP contribution in [-0.4, -0.2) is 9.78 Å². The Morgan fingerprint density at radius 2 is 2.12 bits per heavy atom. The van der Waals surface area contributed by atoms with Gasteiger partial charge in [0.1, 0.15) is 6.61 Å². The van der Waals surface area contributed by atoms with Crippen molar-refractivity contribution < 1.29 is 4.74 Å². The van der Waals surface area contributed by atoms with Crippen LogP contribution in [0.4, 0.5) is 0 Å². The molecule has 0 fully saturated rings. The average molecular weight is 227 g/mol. The standard InChI is InChI=1S/C13H13N3O/c1-2-16-9-13(8-15-16)17-10-12-5-3-11(7-14)4-6-12/h3-6,8-9H,2,10H2,1H3. The van der Waals surface area contributed by atoms with Crippen LogP contribution in [0.3, 0.4) is 0 Å². The minimum atomic E-state index is 0.487. The highest BCUT2D eigenvalue weighted by Gasteiger charge is 1.99. The highest BCUT2D eigenvalue weighted by molar-refractivity contribution is 5.31. The monoisotopic (exact) mass is 227 g/mol. The molecule has 4 nitrogen and oxygen atoms in total. The Morgan fingerprint density at radius 3 is 2.71 bits per heavy atom. The lowest BCUT2D eigenvalue weighted by Crippen LogP contribution is -1.95. The topological polar surface area (TPSA) is 50.8 Å². The van der Waals surface area contributed by atoms with Gasteiger partial charge in [0.15, 0.2) is 5.75 Å². The van der Waals surface area contributed by atoms with Crippen LogP contribution in [0.25, 0.3) is 0 Å². The van der Waals surface area contributed by atoms with Crippen LogP contribution in [0.2, 0.25) is 0 Å². The maximum atomic E-state index is 8.67. The lowest BCUT2D eigenvalue weighted by Gasteiger charge is -2.03. The Morgan fingerprint density at radius 1 is 1.35 bits per heavy atom. The van der Waals surface area contributed by atoms with Crippen molar-refractivity contribution in [3.8, 4) is 11.8 Å². The Hall–Kier alpha value is -2.28. The summed E-state index contributed by atoms with van der Waals surface area (Å²) in [5.74, 6) is 0.760. The molecule has 0 amide bonds. The molecule has 0 saturated heterocycles. The van der Waals surface area contributed by atoms with Crippen molar-refractivity contribution in [3.05, 3.63) is 47.8 Å². The second-order valence-corrected chi connectivity index (χ2v) is 3.63. The lowest BCUT2D eigenvalue weighted by atomic mass is 10.2. The number of hydrogen-bond donors (Lipinski definition) is 0. The van der Waals surface area contributed by atoms with Gasteiger partial charge in [-0.2, -0.15) is 10.4 Å². The van der Waals surface area contributed by atoms with E-state index in [0.717, 1.165) is 17.9 Å². The van der Waals surface area contributed by atoms with E-state index in [1.807, 2.05) is 29.9 Å². The summed E-state index contributed by atoms with van der Waals surface area (Å²) in [6.07, 6.45) is 3.57. The Kier molecular flexibility index (Phi) is 3.41. The van der Waals surface area contributed by atoms with E-state index in [9.17, 15) is 0 Å². The molecular formula is C13H13N3O. The second-order valence-electron chi connectivity index (χ2n) is 3.63. The fourth-order valence-electron chi connectivity index (χ4n) is 1.43.